The molecule has 160 valence electrons. The Morgan fingerprint density at radius 3 is 2.48 bits per heavy atom. The van der Waals surface area contributed by atoms with Crippen molar-refractivity contribution in [3.05, 3.63) is 0 Å². The summed E-state index contributed by atoms with van der Waals surface area (Å²) < 4.78 is 5.55. The maximum Gasteiger partial charge on any atom is 0.191 e. The Labute approximate surface area is 183 Å². The number of nitrogens with one attached hydrogen (secondary N) is 2. The fourth-order valence-electron chi connectivity index (χ4n) is 4.01. The lowest BCUT2D eigenvalue weighted by atomic mass is 10.0. The summed E-state index contributed by atoms with van der Waals surface area (Å²) in [4.78, 5) is 9.99. The SMILES string of the molecule is CCNC(=NCC(C)N1CCOCC1C)NC1CCN(CC(C)C)CC1.I. The molecule has 2 heterocycles. The molecular weight excluding hydrogens is 453 g/mol. The third-order valence-corrected chi connectivity index (χ3v) is 5.39. The number of nitrogens with zero attached hydrogens (tertiary/aromatic N) is 3. The van der Waals surface area contributed by atoms with E-state index in [0.717, 1.165) is 44.7 Å². The van der Waals surface area contributed by atoms with Gasteiger partial charge in [0.25, 0.3) is 0 Å². The zero-order valence-corrected chi connectivity index (χ0v) is 20.4. The van der Waals surface area contributed by atoms with Crippen LogP contribution < -0.4 is 10.6 Å². The van der Waals surface area contributed by atoms with E-state index in [2.05, 4.69) is 55.1 Å². The van der Waals surface area contributed by atoms with E-state index in [1.165, 1.54) is 32.5 Å². The van der Waals surface area contributed by atoms with Gasteiger partial charge in [0.05, 0.1) is 19.8 Å². The summed E-state index contributed by atoms with van der Waals surface area (Å²) in [5.74, 6) is 1.73. The molecule has 0 aromatic heterocycles. The lowest BCUT2D eigenvalue weighted by Gasteiger charge is -2.37. The molecule has 0 amide bonds. The molecule has 2 atom stereocenters. The second-order valence-corrected chi connectivity index (χ2v) is 8.34. The van der Waals surface area contributed by atoms with Crippen molar-refractivity contribution in [3.63, 3.8) is 0 Å². The zero-order chi connectivity index (χ0) is 18.9. The molecule has 0 saturated carbocycles. The monoisotopic (exact) mass is 495 g/mol. The molecule has 0 spiro atoms. The van der Waals surface area contributed by atoms with Crippen LogP contribution in [0.4, 0.5) is 0 Å². The number of rotatable bonds is 7. The highest BCUT2D eigenvalue weighted by molar-refractivity contribution is 14.0. The third-order valence-electron chi connectivity index (χ3n) is 5.39. The van der Waals surface area contributed by atoms with Crippen molar-refractivity contribution in [2.24, 2.45) is 10.9 Å². The van der Waals surface area contributed by atoms with Crippen LogP contribution in [0.5, 0.6) is 0 Å². The maximum absolute atomic E-state index is 5.55. The summed E-state index contributed by atoms with van der Waals surface area (Å²) in [6.45, 7) is 19.3. The minimum atomic E-state index is 0. The Balaban J connectivity index is 0.00000364. The van der Waals surface area contributed by atoms with E-state index in [1.807, 2.05) is 0 Å². The largest absolute Gasteiger partial charge is 0.379 e. The van der Waals surface area contributed by atoms with Gasteiger partial charge in [-0.25, -0.2) is 0 Å². The topological polar surface area (TPSA) is 52.1 Å². The van der Waals surface area contributed by atoms with E-state index in [9.17, 15) is 0 Å². The Hall–Kier alpha value is -0.120. The van der Waals surface area contributed by atoms with Gasteiger partial charge in [-0.15, -0.1) is 24.0 Å². The lowest BCUT2D eigenvalue weighted by molar-refractivity contribution is -0.0165. The van der Waals surface area contributed by atoms with Crippen LogP contribution in [0.2, 0.25) is 0 Å². The highest BCUT2D eigenvalue weighted by atomic mass is 127. The number of piperidine rings is 1. The molecular formula is C20H42IN5O. The van der Waals surface area contributed by atoms with Crippen LogP contribution in [0, 0.1) is 5.92 Å². The van der Waals surface area contributed by atoms with Crippen molar-refractivity contribution < 1.29 is 4.74 Å². The summed E-state index contributed by atoms with van der Waals surface area (Å²) in [6, 6.07) is 1.46. The van der Waals surface area contributed by atoms with E-state index in [-0.39, 0.29) is 24.0 Å². The number of hydrogen-bond acceptors (Lipinski definition) is 4. The summed E-state index contributed by atoms with van der Waals surface area (Å²) in [5, 5.41) is 7.09. The number of halogens is 1. The van der Waals surface area contributed by atoms with Crippen molar-refractivity contribution >= 4 is 29.9 Å². The summed E-state index contributed by atoms with van der Waals surface area (Å²) in [7, 11) is 0. The van der Waals surface area contributed by atoms with Crippen molar-refractivity contribution in [2.45, 2.75) is 65.6 Å². The van der Waals surface area contributed by atoms with Crippen molar-refractivity contribution in [1.29, 1.82) is 0 Å². The summed E-state index contributed by atoms with van der Waals surface area (Å²) in [6.07, 6.45) is 2.40. The summed E-state index contributed by atoms with van der Waals surface area (Å²) in [5.41, 5.74) is 0. The molecule has 2 N–H and O–H groups in total. The number of likely N-dealkylation sites (tertiary alicyclic amines) is 1. The fraction of sp³-hybridized carbons (Fsp3) is 0.950. The lowest BCUT2D eigenvalue weighted by Crippen LogP contribution is -2.51. The van der Waals surface area contributed by atoms with Crippen LogP contribution >= 0.6 is 24.0 Å². The number of guanidine groups is 1. The second kappa shape index (κ2) is 13.2. The average molecular weight is 495 g/mol. The first-order chi connectivity index (χ1) is 12.5. The molecule has 6 nitrogen and oxygen atoms in total. The van der Waals surface area contributed by atoms with Gasteiger partial charge in [0.1, 0.15) is 0 Å². The van der Waals surface area contributed by atoms with E-state index in [4.69, 9.17) is 9.73 Å². The van der Waals surface area contributed by atoms with Gasteiger partial charge in [-0.1, -0.05) is 13.8 Å². The van der Waals surface area contributed by atoms with Crippen LogP contribution in [0.25, 0.3) is 0 Å². The highest BCUT2D eigenvalue weighted by Gasteiger charge is 2.24. The molecule has 2 rings (SSSR count). The third kappa shape index (κ3) is 8.83. The van der Waals surface area contributed by atoms with Gasteiger partial charge >= 0.3 is 0 Å². The molecule has 0 aliphatic carbocycles. The second-order valence-electron chi connectivity index (χ2n) is 8.34. The average Bonchev–Trinajstić information content (AvgIpc) is 2.61. The first-order valence-corrected chi connectivity index (χ1v) is 10.6. The van der Waals surface area contributed by atoms with E-state index in [1.54, 1.807) is 0 Å². The van der Waals surface area contributed by atoms with Gasteiger partial charge in [-0.2, -0.15) is 0 Å². The van der Waals surface area contributed by atoms with Gasteiger partial charge in [0.15, 0.2) is 5.96 Å². The number of aliphatic imine (C=N–C) groups is 1. The fourth-order valence-corrected chi connectivity index (χ4v) is 4.01. The number of morpholine rings is 1. The molecule has 2 saturated heterocycles. The Kier molecular flexibility index (Phi) is 12.2. The van der Waals surface area contributed by atoms with Gasteiger partial charge < -0.3 is 20.3 Å². The Morgan fingerprint density at radius 2 is 1.89 bits per heavy atom. The van der Waals surface area contributed by atoms with Crippen LogP contribution in [0.1, 0.15) is 47.5 Å². The maximum atomic E-state index is 5.55. The van der Waals surface area contributed by atoms with Crippen molar-refractivity contribution in [1.82, 2.24) is 20.4 Å². The van der Waals surface area contributed by atoms with Crippen LogP contribution in [0.3, 0.4) is 0 Å². The van der Waals surface area contributed by atoms with Crippen molar-refractivity contribution in [2.75, 3.05) is 52.5 Å². The van der Waals surface area contributed by atoms with E-state index >= 15 is 0 Å². The summed E-state index contributed by atoms with van der Waals surface area (Å²) >= 11 is 0. The Bertz CT molecular complexity index is 427. The molecule has 0 radical (unpaired) electrons. The first-order valence-electron chi connectivity index (χ1n) is 10.6. The van der Waals surface area contributed by atoms with Gasteiger partial charge in [-0.3, -0.25) is 9.89 Å². The first kappa shape index (κ1) is 24.9. The van der Waals surface area contributed by atoms with Gasteiger partial charge in [0, 0.05) is 50.8 Å². The number of ether oxygens (including phenoxy) is 1. The zero-order valence-electron chi connectivity index (χ0n) is 18.0. The molecule has 0 aromatic carbocycles. The highest BCUT2D eigenvalue weighted by Crippen LogP contribution is 2.13. The molecule has 2 aliphatic rings. The van der Waals surface area contributed by atoms with Crippen LogP contribution in [0.15, 0.2) is 4.99 Å². The molecule has 27 heavy (non-hydrogen) atoms. The predicted molar refractivity (Wildman–Crippen MR) is 125 cm³/mol. The van der Waals surface area contributed by atoms with E-state index < -0.39 is 0 Å². The molecule has 0 bridgehead atoms. The van der Waals surface area contributed by atoms with E-state index in [0.29, 0.717) is 18.1 Å². The number of hydrogen-bond donors (Lipinski definition) is 2. The van der Waals surface area contributed by atoms with Gasteiger partial charge in [0.2, 0.25) is 0 Å². The smallest absolute Gasteiger partial charge is 0.191 e. The molecule has 2 fully saturated rings. The van der Waals surface area contributed by atoms with Gasteiger partial charge in [-0.05, 0) is 39.5 Å². The molecule has 0 aromatic rings. The molecule has 2 unspecified atom stereocenters. The minimum absolute atomic E-state index is 0. The molecule has 7 heteroatoms. The van der Waals surface area contributed by atoms with Crippen LogP contribution in [-0.4, -0.2) is 86.4 Å². The predicted octanol–water partition coefficient (Wildman–Crippen LogP) is 2.39. The minimum Gasteiger partial charge on any atom is -0.379 e. The Morgan fingerprint density at radius 1 is 1.19 bits per heavy atom. The van der Waals surface area contributed by atoms with Crippen LogP contribution in [-0.2, 0) is 4.74 Å². The van der Waals surface area contributed by atoms with Crippen molar-refractivity contribution in [3.8, 4) is 0 Å². The normalized spacial score (nSPS) is 24.5. The standard InChI is InChI=1S/C20H41N5O.HI/c1-6-21-20(22-13-17(4)25-11-12-26-15-18(25)5)23-19-7-9-24(10-8-19)14-16(2)3;/h16-19H,6-15H2,1-5H3,(H2,21,22,23);1H. The molecule has 2 aliphatic heterocycles. The quantitative estimate of drug-likeness (QED) is 0.323.